The van der Waals surface area contributed by atoms with Crippen molar-refractivity contribution >= 4 is 28.9 Å². The molecule has 1 heterocycles. The van der Waals surface area contributed by atoms with Crippen LogP contribution in [-0.2, 0) is 4.79 Å². The molecular weight excluding hydrogens is 260 g/mol. The van der Waals surface area contributed by atoms with Crippen molar-refractivity contribution in [3.05, 3.63) is 22.9 Å². The molecule has 104 valence electrons. The van der Waals surface area contributed by atoms with E-state index < -0.39 is 0 Å². The third-order valence-corrected chi connectivity index (χ3v) is 3.01. The molecule has 1 aromatic rings. The minimum atomic E-state index is -0.00245. The number of aryl methyl sites for hydroxylation is 2. The summed E-state index contributed by atoms with van der Waals surface area (Å²) < 4.78 is 0. The molecule has 0 aliphatic rings. The first-order valence-electron chi connectivity index (χ1n) is 5.93. The van der Waals surface area contributed by atoms with E-state index in [2.05, 4.69) is 4.98 Å². The van der Waals surface area contributed by atoms with Gasteiger partial charge in [0.15, 0.2) is 0 Å². The molecule has 0 atom stereocenters. The van der Waals surface area contributed by atoms with Crippen LogP contribution in [0, 0.1) is 13.8 Å². The fraction of sp³-hybridized carbons (Fsp3) is 0.462. The Morgan fingerprint density at radius 1 is 1.37 bits per heavy atom. The molecule has 0 fully saturated rings. The standard InChI is InChI=1S/C13H20N4OS/c1-8-6-9(2)15-13(11(8)12(14)19)17(5)7-10(18)16(3)4/h6H,7H2,1-5H3,(H2,14,19). The number of likely N-dealkylation sites (N-methyl/N-ethyl adjacent to an activating group) is 2. The van der Waals surface area contributed by atoms with Crippen molar-refractivity contribution in [3.8, 4) is 0 Å². The minimum absolute atomic E-state index is 0.00245. The molecule has 19 heavy (non-hydrogen) atoms. The van der Waals surface area contributed by atoms with E-state index in [9.17, 15) is 4.79 Å². The van der Waals surface area contributed by atoms with Gasteiger partial charge in [0.2, 0.25) is 5.91 Å². The minimum Gasteiger partial charge on any atom is -0.389 e. The highest BCUT2D eigenvalue weighted by Gasteiger charge is 2.17. The van der Waals surface area contributed by atoms with E-state index in [1.165, 1.54) is 0 Å². The lowest BCUT2D eigenvalue weighted by atomic mass is 10.1. The fourth-order valence-corrected chi connectivity index (χ4v) is 2.07. The molecule has 0 unspecified atom stereocenters. The van der Waals surface area contributed by atoms with E-state index in [1.807, 2.05) is 27.0 Å². The van der Waals surface area contributed by atoms with Gasteiger partial charge in [0, 0.05) is 26.8 Å². The first-order chi connectivity index (χ1) is 8.73. The lowest BCUT2D eigenvalue weighted by Gasteiger charge is -2.23. The Morgan fingerprint density at radius 3 is 2.42 bits per heavy atom. The average molecular weight is 280 g/mol. The van der Waals surface area contributed by atoms with Gasteiger partial charge in [0.05, 0.1) is 12.1 Å². The Kier molecular flexibility index (Phi) is 4.83. The summed E-state index contributed by atoms with van der Waals surface area (Å²) in [5.41, 5.74) is 8.34. The van der Waals surface area contributed by atoms with Gasteiger partial charge < -0.3 is 15.5 Å². The Balaban J connectivity index is 3.18. The van der Waals surface area contributed by atoms with Crippen LogP contribution in [0.1, 0.15) is 16.8 Å². The maximum absolute atomic E-state index is 11.8. The van der Waals surface area contributed by atoms with Gasteiger partial charge in [-0.05, 0) is 25.5 Å². The summed E-state index contributed by atoms with van der Waals surface area (Å²) in [5, 5.41) is 0. The molecule has 5 nitrogen and oxygen atoms in total. The fourth-order valence-electron chi connectivity index (χ4n) is 1.82. The summed E-state index contributed by atoms with van der Waals surface area (Å²) in [5.74, 6) is 0.651. The number of anilines is 1. The van der Waals surface area contributed by atoms with Gasteiger partial charge >= 0.3 is 0 Å². The molecule has 1 aromatic heterocycles. The molecule has 1 amide bonds. The number of carbonyl (C=O) groups excluding carboxylic acids is 1. The zero-order chi connectivity index (χ0) is 14.7. The SMILES string of the molecule is Cc1cc(C)c(C(N)=S)c(N(C)CC(=O)N(C)C)n1. The first-order valence-corrected chi connectivity index (χ1v) is 6.34. The van der Waals surface area contributed by atoms with Crippen molar-refractivity contribution < 1.29 is 4.79 Å². The van der Waals surface area contributed by atoms with Crippen LogP contribution in [0.3, 0.4) is 0 Å². The number of aromatic nitrogens is 1. The highest BCUT2D eigenvalue weighted by Crippen LogP contribution is 2.21. The van der Waals surface area contributed by atoms with Crippen LogP contribution in [0.5, 0.6) is 0 Å². The molecular formula is C13H20N4OS. The number of hydrogen-bond donors (Lipinski definition) is 1. The Hall–Kier alpha value is -1.69. The van der Waals surface area contributed by atoms with E-state index in [-0.39, 0.29) is 12.5 Å². The third-order valence-electron chi connectivity index (χ3n) is 2.80. The van der Waals surface area contributed by atoms with Crippen LogP contribution in [0.4, 0.5) is 5.82 Å². The highest BCUT2D eigenvalue weighted by molar-refractivity contribution is 7.80. The van der Waals surface area contributed by atoms with Crippen LogP contribution in [0.15, 0.2) is 6.07 Å². The van der Waals surface area contributed by atoms with Gasteiger partial charge in [-0.3, -0.25) is 4.79 Å². The van der Waals surface area contributed by atoms with Crippen molar-refractivity contribution in [2.75, 3.05) is 32.6 Å². The number of carbonyl (C=O) groups is 1. The molecule has 6 heteroatoms. The van der Waals surface area contributed by atoms with E-state index in [1.54, 1.807) is 23.9 Å². The number of nitrogens with zero attached hydrogens (tertiary/aromatic N) is 3. The quantitative estimate of drug-likeness (QED) is 0.829. The van der Waals surface area contributed by atoms with Crippen molar-refractivity contribution in [1.29, 1.82) is 0 Å². The zero-order valence-corrected chi connectivity index (χ0v) is 12.8. The van der Waals surface area contributed by atoms with E-state index in [0.29, 0.717) is 10.8 Å². The maximum atomic E-state index is 11.8. The molecule has 0 radical (unpaired) electrons. The monoisotopic (exact) mass is 280 g/mol. The summed E-state index contributed by atoms with van der Waals surface area (Å²) in [6, 6.07) is 1.93. The summed E-state index contributed by atoms with van der Waals surface area (Å²) in [6.45, 7) is 4.08. The Labute approximate surface area is 119 Å². The average Bonchev–Trinajstić information content (AvgIpc) is 2.26. The number of amides is 1. The number of thiocarbonyl (C=S) groups is 1. The van der Waals surface area contributed by atoms with Crippen LogP contribution >= 0.6 is 12.2 Å². The molecule has 0 aromatic carbocycles. The second-order valence-corrected chi connectivity index (χ2v) is 5.23. The molecule has 0 saturated carbocycles. The lowest BCUT2D eigenvalue weighted by molar-refractivity contribution is -0.127. The largest absolute Gasteiger partial charge is 0.389 e. The van der Waals surface area contributed by atoms with Gasteiger partial charge in [-0.1, -0.05) is 12.2 Å². The van der Waals surface area contributed by atoms with E-state index in [4.69, 9.17) is 18.0 Å². The predicted molar refractivity (Wildman–Crippen MR) is 81.6 cm³/mol. The summed E-state index contributed by atoms with van der Waals surface area (Å²) in [7, 11) is 5.25. The van der Waals surface area contributed by atoms with Gasteiger partial charge in [-0.15, -0.1) is 0 Å². The highest BCUT2D eigenvalue weighted by atomic mass is 32.1. The third kappa shape index (κ3) is 3.64. The lowest BCUT2D eigenvalue weighted by Crippen LogP contribution is -2.36. The second kappa shape index (κ2) is 5.97. The molecule has 2 N–H and O–H groups in total. The predicted octanol–water partition coefficient (Wildman–Crippen LogP) is 0.857. The summed E-state index contributed by atoms with van der Waals surface area (Å²) >= 11 is 5.08. The van der Waals surface area contributed by atoms with Crippen LogP contribution in [0.25, 0.3) is 0 Å². The van der Waals surface area contributed by atoms with Crippen LogP contribution in [0.2, 0.25) is 0 Å². The number of rotatable bonds is 4. The van der Waals surface area contributed by atoms with Crippen molar-refractivity contribution in [2.45, 2.75) is 13.8 Å². The number of pyridine rings is 1. The van der Waals surface area contributed by atoms with Crippen LogP contribution < -0.4 is 10.6 Å². The maximum Gasteiger partial charge on any atom is 0.241 e. The van der Waals surface area contributed by atoms with Crippen molar-refractivity contribution in [1.82, 2.24) is 9.88 Å². The molecule has 0 spiro atoms. The zero-order valence-electron chi connectivity index (χ0n) is 12.0. The van der Waals surface area contributed by atoms with Gasteiger partial charge in [0.25, 0.3) is 0 Å². The molecule has 1 rings (SSSR count). The van der Waals surface area contributed by atoms with Gasteiger partial charge in [0.1, 0.15) is 10.8 Å². The molecule has 0 aliphatic carbocycles. The van der Waals surface area contributed by atoms with E-state index >= 15 is 0 Å². The topological polar surface area (TPSA) is 62.5 Å². The number of nitrogens with two attached hydrogens (primary N) is 1. The van der Waals surface area contributed by atoms with E-state index in [0.717, 1.165) is 16.8 Å². The van der Waals surface area contributed by atoms with Crippen LogP contribution in [-0.4, -0.2) is 48.5 Å². The van der Waals surface area contributed by atoms with Crippen molar-refractivity contribution in [3.63, 3.8) is 0 Å². The molecule has 0 bridgehead atoms. The number of hydrogen-bond acceptors (Lipinski definition) is 4. The normalized spacial score (nSPS) is 10.2. The van der Waals surface area contributed by atoms with Crippen molar-refractivity contribution in [2.24, 2.45) is 5.73 Å². The molecule has 0 saturated heterocycles. The van der Waals surface area contributed by atoms with Gasteiger partial charge in [-0.2, -0.15) is 0 Å². The first kappa shape index (κ1) is 15.4. The second-order valence-electron chi connectivity index (χ2n) is 4.79. The Bertz CT molecular complexity index is 514. The molecule has 0 aliphatic heterocycles. The Morgan fingerprint density at radius 2 is 1.95 bits per heavy atom. The smallest absolute Gasteiger partial charge is 0.241 e. The summed E-state index contributed by atoms with van der Waals surface area (Å²) in [6.07, 6.45) is 0. The van der Waals surface area contributed by atoms with Gasteiger partial charge in [-0.25, -0.2) is 4.98 Å². The summed E-state index contributed by atoms with van der Waals surface area (Å²) in [4.78, 5) is 19.8.